The van der Waals surface area contributed by atoms with E-state index in [1.807, 2.05) is 0 Å². The summed E-state index contributed by atoms with van der Waals surface area (Å²) in [5, 5.41) is 0. The number of carbonyl (C=O) groups is 2. The predicted molar refractivity (Wildman–Crippen MR) is 64.3 cm³/mol. The molecule has 0 aromatic heterocycles. The molecule has 0 aromatic carbocycles. The molecule has 3 heteroatoms. The quantitative estimate of drug-likeness (QED) is 0.310. The van der Waals surface area contributed by atoms with E-state index in [2.05, 4.69) is 6.92 Å². The standard InChI is InChI=1S/C13H24O3/c1-2-3-4-5-6-9-12-16-13(15)10-7-8-11-14/h11H,2-10,12H2,1H3. The number of aldehydes is 1. The van der Waals surface area contributed by atoms with Crippen molar-refractivity contribution in [2.75, 3.05) is 6.61 Å². The van der Waals surface area contributed by atoms with E-state index >= 15 is 0 Å². The zero-order valence-electron chi connectivity index (χ0n) is 10.4. The monoisotopic (exact) mass is 228 g/mol. The Morgan fingerprint density at radius 2 is 1.75 bits per heavy atom. The molecule has 16 heavy (non-hydrogen) atoms. The normalized spacial score (nSPS) is 10.1. The molecule has 0 atom stereocenters. The van der Waals surface area contributed by atoms with Crippen LogP contribution >= 0.6 is 0 Å². The van der Waals surface area contributed by atoms with Gasteiger partial charge in [0.05, 0.1) is 6.61 Å². The van der Waals surface area contributed by atoms with E-state index in [0.717, 1.165) is 19.1 Å². The second-order valence-electron chi connectivity index (χ2n) is 4.05. The van der Waals surface area contributed by atoms with Gasteiger partial charge in [-0.25, -0.2) is 0 Å². The molecule has 0 saturated carbocycles. The maximum absolute atomic E-state index is 11.1. The highest BCUT2D eigenvalue weighted by Gasteiger charge is 2.01. The maximum Gasteiger partial charge on any atom is 0.305 e. The number of esters is 1. The molecule has 0 saturated heterocycles. The second-order valence-corrected chi connectivity index (χ2v) is 4.05. The van der Waals surface area contributed by atoms with Crippen molar-refractivity contribution < 1.29 is 14.3 Å². The number of rotatable bonds is 11. The van der Waals surface area contributed by atoms with E-state index < -0.39 is 0 Å². The van der Waals surface area contributed by atoms with Crippen molar-refractivity contribution in [1.29, 1.82) is 0 Å². The Balaban J connectivity index is 3.12. The summed E-state index contributed by atoms with van der Waals surface area (Å²) in [6.07, 6.45) is 9.43. The van der Waals surface area contributed by atoms with Crippen molar-refractivity contribution in [2.24, 2.45) is 0 Å². The van der Waals surface area contributed by atoms with Crippen molar-refractivity contribution in [3.05, 3.63) is 0 Å². The van der Waals surface area contributed by atoms with Crippen molar-refractivity contribution in [2.45, 2.75) is 64.7 Å². The second kappa shape index (κ2) is 12.2. The van der Waals surface area contributed by atoms with Crippen LogP contribution < -0.4 is 0 Å². The fourth-order valence-corrected chi connectivity index (χ4v) is 1.47. The molecule has 0 aliphatic carbocycles. The molecule has 0 spiro atoms. The molecule has 0 N–H and O–H groups in total. The molecule has 0 bridgehead atoms. The Kier molecular flexibility index (Phi) is 11.6. The van der Waals surface area contributed by atoms with E-state index in [0.29, 0.717) is 25.9 Å². The molecule has 0 radical (unpaired) electrons. The Bertz CT molecular complexity index is 178. The van der Waals surface area contributed by atoms with Gasteiger partial charge in [-0.2, -0.15) is 0 Å². The number of carbonyl (C=O) groups excluding carboxylic acids is 2. The minimum Gasteiger partial charge on any atom is -0.466 e. The average Bonchev–Trinajstić information content (AvgIpc) is 2.28. The van der Waals surface area contributed by atoms with E-state index in [-0.39, 0.29) is 5.97 Å². The van der Waals surface area contributed by atoms with Crippen LogP contribution in [0.4, 0.5) is 0 Å². The van der Waals surface area contributed by atoms with Gasteiger partial charge in [0.25, 0.3) is 0 Å². The van der Waals surface area contributed by atoms with Crippen molar-refractivity contribution in [3.63, 3.8) is 0 Å². The minimum absolute atomic E-state index is 0.171. The molecule has 0 aromatic rings. The van der Waals surface area contributed by atoms with Crippen LogP contribution in [-0.4, -0.2) is 18.9 Å². The van der Waals surface area contributed by atoms with Crippen LogP contribution in [0.15, 0.2) is 0 Å². The molecular weight excluding hydrogens is 204 g/mol. The van der Waals surface area contributed by atoms with Crippen molar-refractivity contribution in [3.8, 4) is 0 Å². The lowest BCUT2D eigenvalue weighted by molar-refractivity contribution is -0.143. The van der Waals surface area contributed by atoms with Crippen molar-refractivity contribution >= 4 is 12.3 Å². The summed E-state index contributed by atoms with van der Waals surface area (Å²) in [5.74, 6) is -0.171. The molecular formula is C13H24O3. The number of ether oxygens (including phenoxy) is 1. The van der Waals surface area contributed by atoms with Gasteiger partial charge in [-0.1, -0.05) is 39.0 Å². The Morgan fingerprint density at radius 1 is 1.06 bits per heavy atom. The van der Waals surface area contributed by atoms with E-state index in [1.54, 1.807) is 0 Å². The molecule has 0 amide bonds. The zero-order chi connectivity index (χ0) is 12.1. The molecule has 0 heterocycles. The molecule has 0 aliphatic heterocycles. The summed E-state index contributed by atoms with van der Waals surface area (Å²) in [6.45, 7) is 2.73. The molecule has 0 aliphatic rings. The molecule has 0 rings (SSSR count). The summed E-state index contributed by atoms with van der Waals surface area (Å²) < 4.78 is 5.04. The minimum atomic E-state index is -0.171. The highest BCUT2D eigenvalue weighted by Crippen LogP contribution is 2.05. The lowest BCUT2D eigenvalue weighted by atomic mass is 10.1. The molecule has 0 fully saturated rings. The summed E-state index contributed by atoms with van der Waals surface area (Å²) in [6, 6.07) is 0. The van der Waals surface area contributed by atoms with Gasteiger partial charge in [0.2, 0.25) is 0 Å². The molecule has 0 unspecified atom stereocenters. The summed E-state index contributed by atoms with van der Waals surface area (Å²) in [5.41, 5.74) is 0. The zero-order valence-corrected chi connectivity index (χ0v) is 10.4. The van der Waals surface area contributed by atoms with Gasteiger partial charge in [-0.05, 0) is 12.8 Å². The SMILES string of the molecule is CCCCCCCCOC(=O)CCCC=O. The van der Waals surface area contributed by atoms with Gasteiger partial charge in [0.15, 0.2) is 0 Å². The van der Waals surface area contributed by atoms with Crippen LogP contribution in [-0.2, 0) is 14.3 Å². The summed E-state index contributed by atoms with van der Waals surface area (Å²) >= 11 is 0. The van der Waals surface area contributed by atoms with Gasteiger partial charge < -0.3 is 9.53 Å². The van der Waals surface area contributed by atoms with Gasteiger partial charge >= 0.3 is 5.97 Å². The fraction of sp³-hybridized carbons (Fsp3) is 0.846. The third-order valence-corrected chi connectivity index (χ3v) is 2.46. The third-order valence-electron chi connectivity index (χ3n) is 2.46. The maximum atomic E-state index is 11.1. The lowest BCUT2D eigenvalue weighted by Crippen LogP contribution is -2.05. The first-order valence-corrected chi connectivity index (χ1v) is 6.40. The van der Waals surface area contributed by atoms with Gasteiger partial charge in [0.1, 0.15) is 6.29 Å². The van der Waals surface area contributed by atoms with Gasteiger partial charge in [-0.3, -0.25) is 4.79 Å². The Morgan fingerprint density at radius 3 is 2.44 bits per heavy atom. The van der Waals surface area contributed by atoms with E-state index in [9.17, 15) is 9.59 Å². The van der Waals surface area contributed by atoms with Crippen molar-refractivity contribution in [1.82, 2.24) is 0 Å². The largest absolute Gasteiger partial charge is 0.466 e. The molecule has 3 nitrogen and oxygen atoms in total. The van der Waals surface area contributed by atoms with Gasteiger partial charge in [-0.15, -0.1) is 0 Å². The lowest BCUT2D eigenvalue weighted by Gasteiger charge is -2.03. The average molecular weight is 228 g/mol. The topological polar surface area (TPSA) is 43.4 Å². The Hall–Kier alpha value is -0.860. The predicted octanol–water partition coefficient (Wildman–Crippen LogP) is 3.26. The number of hydrogen-bond donors (Lipinski definition) is 0. The van der Waals surface area contributed by atoms with E-state index in [1.165, 1.54) is 25.7 Å². The highest BCUT2D eigenvalue weighted by atomic mass is 16.5. The summed E-state index contributed by atoms with van der Waals surface area (Å²) in [7, 11) is 0. The van der Waals surface area contributed by atoms with Crippen LogP contribution in [0.2, 0.25) is 0 Å². The third kappa shape index (κ3) is 11.2. The van der Waals surface area contributed by atoms with Crippen LogP contribution in [0.1, 0.15) is 64.7 Å². The number of hydrogen-bond acceptors (Lipinski definition) is 3. The van der Waals surface area contributed by atoms with Crippen LogP contribution in [0, 0.1) is 0 Å². The first-order valence-electron chi connectivity index (χ1n) is 6.40. The van der Waals surface area contributed by atoms with Crippen LogP contribution in [0.3, 0.4) is 0 Å². The van der Waals surface area contributed by atoms with Crippen LogP contribution in [0.25, 0.3) is 0 Å². The first-order chi connectivity index (χ1) is 7.81. The smallest absolute Gasteiger partial charge is 0.305 e. The molecule has 94 valence electrons. The van der Waals surface area contributed by atoms with E-state index in [4.69, 9.17) is 4.74 Å². The summed E-state index contributed by atoms with van der Waals surface area (Å²) in [4.78, 5) is 21.1. The Labute approximate surface area is 98.6 Å². The van der Waals surface area contributed by atoms with Gasteiger partial charge in [0, 0.05) is 12.8 Å². The highest BCUT2D eigenvalue weighted by molar-refractivity contribution is 5.69. The van der Waals surface area contributed by atoms with Crippen LogP contribution in [0.5, 0.6) is 0 Å². The number of unbranched alkanes of at least 4 members (excludes halogenated alkanes) is 6. The fourth-order valence-electron chi connectivity index (χ4n) is 1.47. The first kappa shape index (κ1) is 15.1.